The van der Waals surface area contributed by atoms with E-state index in [0.717, 1.165) is 37.0 Å². The highest BCUT2D eigenvalue weighted by Gasteiger charge is 2.49. The number of likely N-dealkylation sites (tertiary alicyclic amines) is 1. The summed E-state index contributed by atoms with van der Waals surface area (Å²) in [4.78, 5) is 26.0. The third-order valence-electron chi connectivity index (χ3n) is 5.19. The predicted molar refractivity (Wildman–Crippen MR) is 89.9 cm³/mol. The van der Waals surface area contributed by atoms with Gasteiger partial charge in [0, 0.05) is 6.54 Å². The highest BCUT2D eigenvalue weighted by Crippen LogP contribution is 2.42. The molecule has 3 atom stereocenters. The average Bonchev–Trinajstić information content (AvgIpc) is 3.13. The van der Waals surface area contributed by atoms with Crippen LogP contribution in [0.15, 0.2) is 24.3 Å². The Kier molecular flexibility index (Phi) is 5.07. The van der Waals surface area contributed by atoms with Crippen molar-refractivity contribution < 1.29 is 19.4 Å². The summed E-state index contributed by atoms with van der Waals surface area (Å²) < 4.78 is 5.60. The molecule has 1 saturated heterocycles. The number of ether oxygens (including phenoxy) is 1. The number of fused-ring (bicyclic) bond motifs is 1. The van der Waals surface area contributed by atoms with Crippen LogP contribution in [-0.4, -0.2) is 41.1 Å². The molecule has 3 rings (SSSR count). The van der Waals surface area contributed by atoms with Gasteiger partial charge in [0.15, 0.2) is 0 Å². The number of amides is 1. The maximum atomic E-state index is 12.7. The summed E-state index contributed by atoms with van der Waals surface area (Å²) in [6.45, 7) is 3.28. The second-order valence-electron chi connectivity index (χ2n) is 6.86. The van der Waals surface area contributed by atoms with Gasteiger partial charge in [0.25, 0.3) is 0 Å². The van der Waals surface area contributed by atoms with Gasteiger partial charge in [-0.3, -0.25) is 4.79 Å². The SMILES string of the molecule is CCCOc1cccc(CC(=O)N2CC3CCCC3C2C(=O)O)c1. The monoisotopic (exact) mass is 331 g/mol. The Morgan fingerprint density at radius 3 is 2.92 bits per heavy atom. The standard InChI is InChI=1S/C19H25NO4/c1-2-9-24-15-7-3-5-13(10-15)11-17(21)20-12-14-6-4-8-16(14)18(20)19(22)23/h3,5,7,10,14,16,18H,2,4,6,8-9,11-12H2,1H3,(H,22,23). The molecule has 1 aromatic rings. The van der Waals surface area contributed by atoms with E-state index >= 15 is 0 Å². The molecule has 2 fully saturated rings. The van der Waals surface area contributed by atoms with Crippen LogP contribution >= 0.6 is 0 Å². The Morgan fingerprint density at radius 1 is 1.33 bits per heavy atom. The maximum Gasteiger partial charge on any atom is 0.326 e. The van der Waals surface area contributed by atoms with Crippen molar-refractivity contribution in [2.24, 2.45) is 11.8 Å². The number of carbonyl (C=O) groups is 2. The van der Waals surface area contributed by atoms with Gasteiger partial charge in [-0.1, -0.05) is 25.5 Å². The molecule has 0 bridgehead atoms. The zero-order valence-corrected chi connectivity index (χ0v) is 14.1. The van der Waals surface area contributed by atoms with Crippen LogP contribution in [0, 0.1) is 11.8 Å². The first kappa shape index (κ1) is 16.8. The Labute approximate surface area is 142 Å². The van der Waals surface area contributed by atoms with E-state index in [0.29, 0.717) is 19.1 Å². The lowest BCUT2D eigenvalue weighted by molar-refractivity contribution is -0.149. The molecule has 2 aliphatic rings. The van der Waals surface area contributed by atoms with Gasteiger partial charge in [0.05, 0.1) is 13.0 Å². The molecule has 1 heterocycles. The minimum atomic E-state index is -0.863. The summed E-state index contributed by atoms with van der Waals surface area (Å²) in [7, 11) is 0. The van der Waals surface area contributed by atoms with E-state index in [1.807, 2.05) is 31.2 Å². The topological polar surface area (TPSA) is 66.8 Å². The number of carboxylic acids is 1. The van der Waals surface area contributed by atoms with Crippen molar-refractivity contribution in [3.8, 4) is 5.75 Å². The lowest BCUT2D eigenvalue weighted by Gasteiger charge is -2.24. The molecule has 130 valence electrons. The lowest BCUT2D eigenvalue weighted by Crippen LogP contribution is -2.43. The molecular weight excluding hydrogens is 306 g/mol. The van der Waals surface area contributed by atoms with Crippen molar-refractivity contribution in [3.05, 3.63) is 29.8 Å². The zero-order valence-electron chi connectivity index (χ0n) is 14.1. The van der Waals surface area contributed by atoms with Crippen molar-refractivity contribution in [3.63, 3.8) is 0 Å². The first-order chi connectivity index (χ1) is 11.6. The molecule has 3 unspecified atom stereocenters. The first-order valence-electron chi connectivity index (χ1n) is 8.84. The quantitative estimate of drug-likeness (QED) is 0.870. The molecule has 1 aliphatic carbocycles. The molecular formula is C19H25NO4. The van der Waals surface area contributed by atoms with E-state index in [1.165, 1.54) is 0 Å². The highest BCUT2D eigenvalue weighted by atomic mass is 16.5. The average molecular weight is 331 g/mol. The summed E-state index contributed by atoms with van der Waals surface area (Å²) in [5.74, 6) is 0.289. The zero-order chi connectivity index (χ0) is 17.1. The van der Waals surface area contributed by atoms with Crippen LogP contribution in [-0.2, 0) is 16.0 Å². The van der Waals surface area contributed by atoms with E-state index in [2.05, 4.69) is 0 Å². The van der Waals surface area contributed by atoms with Gasteiger partial charge in [-0.05, 0) is 48.8 Å². The number of hydrogen-bond donors (Lipinski definition) is 1. The number of carboxylic acid groups (broad SMARTS) is 1. The van der Waals surface area contributed by atoms with Gasteiger partial charge in [-0.15, -0.1) is 0 Å². The lowest BCUT2D eigenvalue weighted by atomic mass is 9.94. The number of hydrogen-bond acceptors (Lipinski definition) is 3. The van der Waals surface area contributed by atoms with Crippen LogP contribution in [0.5, 0.6) is 5.75 Å². The van der Waals surface area contributed by atoms with E-state index in [4.69, 9.17) is 4.74 Å². The van der Waals surface area contributed by atoms with Gasteiger partial charge in [0.2, 0.25) is 5.91 Å². The molecule has 1 aliphatic heterocycles. The van der Waals surface area contributed by atoms with Crippen LogP contribution in [0.4, 0.5) is 0 Å². The molecule has 1 amide bonds. The van der Waals surface area contributed by atoms with E-state index in [9.17, 15) is 14.7 Å². The van der Waals surface area contributed by atoms with Crippen LogP contribution in [0.1, 0.15) is 38.2 Å². The number of nitrogens with zero attached hydrogens (tertiary/aromatic N) is 1. The molecule has 5 heteroatoms. The van der Waals surface area contributed by atoms with E-state index in [-0.39, 0.29) is 18.2 Å². The highest BCUT2D eigenvalue weighted by molar-refractivity contribution is 5.86. The number of aliphatic carboxylic acids is 1. The van der Waals surface area contributed by atoms with Crippen LogP contribution in [0.25, 0.3) is 0 Å². The van der Waals surface area contributed by atoms with Crippen LogP contribution < -0.4 is 4.74 Å². The first-order valence-corrected chi connectivity index (χ1v) is 8.84. The minimum Gasteiger partial charge on any atom is -0.494 e. The van der Waals surface area contributed by atoms with Gasteiger partial charge in [-0.2, -0.15) is 0 Å². The van der Waals surface area contributed by atoms with Gasteiger partial charge in [0.1, 0.15) is 11.8 Å². The molecule has 1 aromatic carbocycles. The summed E-state index contributed by atoms with van der Waals surface area (Å²) >= 11 is 0. The second-order valence-corrected chi connectivity index (χ2v) is 6.86. The van der Waals surface area contributed by atoms with E-state index in [1.54, 1.807) is 4.90 Å². The largest absolute Gasteiger partial charge is 0.494 e. The normalized spacial score (nSPS) is 25.5. The molecule has 0 radical (unpaired) electrons. The van der Waals surface area contributed by atoms with Crippen molar-refractivity contribution in [2.45, 2.75) is 45.1 Å². The molecule has 1 N–H and O–H groups in total. The Bertz CT molecular complexity index is 615. The van der Waals surface area contributed by atoms with Gasteiger partial charge >= 0.3 is 5.97 Å². The fraction of sp³-hybridized carbons (Fsp3) is 0.579. The number of rotatable bonds is 6. The molecule has 1 saturated carbocycles. The predicted octanol–water partition coefficient (Wildman–Crippen LogP) is 2.73. The second kappa shape index (κ2) is 7.24. The van der Waals surface area contributed by atoms with Crippen LogP contribution in [0.2, 0.25) is 0 Å². The van der Waals surface area contributed by atoms with Crippen molar-refractivity contribution >= 4 is 11.9 Å². The summed E-state index contributed by atoms with van der Waals surface area (Å²) in [5, 5.41) is 9.57. The van der Waals surface area contributed by atoms with Crippen molar-refractivity contribution in [1.29, 1.82) is 0 Å². The molecule has 0 aromatic heterocycles. The minimum absolute atomic E-state index is 0.0931. The fourth-order valence-electron chi connectivity index (χ4n) is 4.12. The molecule has 5 nitrogen and oxygen atoms in total. The van der Waals surface area contributed by atoms with E-state index < -0.39 is 12.0 Å². The summed E-state index contributed by atoms with van der Waals surface area (Å²) in [6, 6.07) is 6.87. The number of benzene rings is 1. The Balaban J connectivity index is 1.69. The summed E-state index contributed by atoms with van der Waals surface area (Å²) in [5.41, 5.74) is 0.870. The third kappa shape index (κ3) is 3.40. The fourth-order valence-corrected chi connectivity index (χ4v) is 4.12. The van der Waals surface area contributed by atoms with Gasteiger partial charge < -0.3 is 14.7 Å². The Hall–Kier alpha value is -2.04. The molecule has 24 heavy (non-hydrogen) atoms. The molecule has 0 spiro atoms. The smallest absolute Gasteiger partial charge is 0.326 e. The van der Waals surface area contributed by atoms with Gasteiger partial charge in [-0.25, -0.2) is 4.79 Å². The van der Waals surface area contributed by atoms with Crippen LogP contribution in [0.3, 0.4) is 0 Å². The third-order valence-corrected chi connectivity index (χ3v) is 5.19. The Morgan fingerprint density at radius 2 is 2.17 bits per heavy atom. The van der Waals surface area contributed by atoms with Crippen molar-refractivity contribution in [1.82, 2.24) is 4.90 Å². The number of carbonyl (C=O) groups excluding carboxylic acids is 1. The maximum absolute atomic E-state index is 12.7. The summed E-state index contributed by atoms with van der Waals surface area (Å²) in [6.07, 6.45) is 4.20. The van der Waals surface area contributed by atoms with Crippen molar-refractivity contribution in [2.75, 3.05) is 13.2 Å².